The Hall–Kier alpha value is -1.83. The van der Waals surface area contributed by atoms with E-state index in [1.807, 2.05) is 36.4 Å². The van der Waals surface area contributed by atoms with Crippen molar-refractivity contribution in [2.75, 3.05) is 11.5 Å². The number of benzene rings is 2. The summed E-state index contributed by atoms with van der Waals surface area (Å²) in [6, 6.07) is 16.3. The van der Waals surface area contributed by atoms with Gasteiger partial charge in [-0.2, -0.15) is 4.98 Å². The van der Waals surface area contributed by atoms with Crippen LogP contribution in [0.4, 0.5) is 0 Å². The minimum Gasteiger partial charge on any atom is -0.315 e. The first-order valence-corrected chi connectivity index (χ1v) is 10.7. The Kier molecular flexibility index (Phi) is 3.80. The average molecular weight is 384 g/mol. The Bertz CT molecular complexity index is 1120. The first-order valence-electron chi connectivity index (χ1n) is 7.92. The largest absolute Gasteiger partial charge is 0.315 e. The lowest BCUT2D eigenvalue weighted by molar-refractivity contribution is 0.591. The topological polar surface area (TPSA) is 47.8 Å². The van der Waals surface area contributed by atoms with Crippen LogP contribution in [0.1, 0.15) is 6.04 Å². The summed E-state index contributed by atoms with van der Waals surface area (Å²) in [6.07, 6.45) is 0. The van der Waals surface area contributed by atoms with Crippen LogP contribution in [0, 0.1) is 0 Å². The van der Waals surface area contributed by atoms with Crippen molar-refractivity contribution in [1.82, 2.24) is 14.5 Å². The number of thioether (sulfide) groups is 2. The number of rotatable bonds is 3. The summed E-state index contributed by atoms with van der Waals surface area (Å²) in [6.45, 7) is 0. The zero-order valence-electron chi connectivity index (χ0n) is 13.1. The Morgan fingerprint density at radius 3 is 2.88 bits per heavy atom. The molecule has 0 saturated heterocycles. The molecule has 0 amide bonds. The second-order valence-corrected chi connectivity index (χ2v) is 9.09. The van der Waals surface area contributed by atoms with Gasteiger partial charge in [0.2, 0.25) is 0 Å². The molecular formula is C18H13N3OS3. The van der Waals surface area contributed by atoms with E-state index in [-0.39, 0.29) is 5.56 Å². The third-order valence-corrected chi connectivity index (χ3v) is 7.66. The number of nitrogens with zero attached hydrogens (tertiary/aromatic N) is 3. The normalized spacial score (nSPS) is 16.6. The molecule has 4 aromatic rings. The Labute approximate surface area is 156 Å². The molecule has 2 aromatic carbocycles. The van der Waals surface area contributed by atoms with Crippen LogP contribution >= 0.6 is 34.9 Å². The third-order valence-electron chi connectivity index (χ3n) is 4.24. The number of fused-ring (bicyclic) bond motifs is 4. The summed E-state index contributed by atoms with van der Waals surface area (Å²) < 4.78 is 4.54. The highest BCUT2D eigenvalue weighted by Gasteiger charge is 2.26. The zero-order chi connectivity index (χ0) is 16.8. The second kappa shape index (κ2) is 6.16. The van der Waals surface area contributed by atoms with Gasteiger partial charge in [-0.25, -0.2) is 4.98 Å². The molecule has 5 rings (SSSR count). The van der Waals surface area contributed by atoms with Crippen molar-refractivity contribution in [2.45, 2.75) is 15.5 Å². The molecule has 0 saturated carbocycles. The molecule has 25 heavy (non-hydrogen) atoms. The van der Waals surface area contributed by atoms with E-state index in [0.717, 1.165) is 32.0 Å². The molecule has 4 nitrogen and oxygen atoms in total. The molecule has 1 atom stereocenters. The van der Waals surface area contributed by atoms with E-state index in [0.29, 0.717) is 11.4 Å². The van der Waals surface area contributed by atoms with Gasteiger partial charge < -0.3 is 4.57 Å². The molecule has 124 valence electrons. The highest BCUT2D eigenvalue weighted by atomic mass is 32.2. The Morgan fingerprint density at radius 2 is 1.96 bits per heavy atom. The van der Waals surface area contributed by atoms with E-state index < -0.39 is 0 Å². The van der Waals surface area contributed by atoms with E-state index in [1.165, 1.54) is 4.70 Å². The van der Waals surface area contributed by atoms with E-state index in [1.54, 1.807) is 34.9 Å². The monoisotopic (exact) mass is 383 g/mol. The van der Waals surface area contributed by atoms with Crippen LogP contribution < -0.4 is 5.56 Å². The van der Waals surface area contributed by atoms with Crippen LogP contribution in [-0.4, -0.2) is 26.0 Å². The zero-order valence-corrected chi connectivity index (χ0v) is 15.5. The molecule has 0 fully saturated rings. The number of thiazole rings is 1. The molecular weight excluding hydrogens is 370 g/mol. The van der Waals surface area contributed by atoms with Crippen molar-refractivity contribution in [3.8, 4) is 0 Å². The maximum absolute atomic E-state index is 12.2. The predicted molar refractivity (Wildman–Crippen MR) is 106 cm³/mol. The lowest BCUT2D eigenvalue weighted by Crippen LogP contribution is -2.17. The number of hydrogen-bond acceptors (Lipinski definition) is 6. The summed E-state index contributed by atoms with van der Waals surface area (Å²) >= 11 is 5.19. The van der Waals surface area contributed by atoms with Crippen LogP contribution in [0.15, 0.2) is 62.8 Å². The fourth-order valence-electron chi connectivity index (χ4n) is 3.07. The van der Waals surface area contributed by atoms with Gasteiger partial charge >= 0.3 is 0 Å². The smallest absolute Gasteiger partial charge is 0.281 e. The van der Waals surface area contributed by atoms with Gasteiger partial charge in [0.25, 0.3) is 5.56 Å². The van der Waals surface area contributed by atoms with Crippen LogP contribution in [0.2, 0.25) is 0 Å². The van der Waals surface area contributed by atoms with Gasteiger partial charge in [-0.1, -0.05) is 47.8 Å². The lowest BCUT2D eigenvalue weighted by Gasteiger charge is -2.15. The standard InChI is InChI=1S/C18H13N3OS3/c22-16-12-5-1-3-7-14(12)21-11(9-23-17(21)20-16)10-24-18-19-13-6-2-4-8-15(13)25-18/h1-8,11H,9-10H2. The molecule has 7 heteroatoms. The quantitative estimate of drug-likeness (QED) is 0.386. The molecule has 0 bridgehead atoms. The van der Waals surface area contributed by atoms with Crippen molar-refractivity contribution in [1.29, 1.82) is 0 Å². The maximum atomic E-state index is 12.2. The third kappa shape index (κ3) is 2.67. The van der Waals surface area contributed by atoms with Crippen molar-refractivity contribution in [2.24, 2.45) is 0 Å². The molecule has 1 aliphatic heterocycles. The highest BCUT2D eigenvalue weighted by molar-refractivity contribution is 8.01. The van der Waals surface area contributed by atoms with Gasteiger partial charge in [0.1, 0.15) is 0 Å². The second-order valence-electron chi connectivity index (χ2n) is 5.81. The van der Waals surface area contributed by atoms with Gasteiger partial charge in [-0.3, -0.25) is 4.79 Å². The summed E-state index contributed by atoms with van der Waals surface area (Å²) in [5.74, 6) is 1.87. The maximum Gasteiger partial charge on any atom is 0.281 e. The van der Waals surface area contributed by atoms with Crippen molar-refractivity contribution < 1.29 is 0 Å². The van der Waals surface area contributed by atoms with Gasteiger partial charge in [0.15, 0.2) is 9.50 Å². The number of hydrogen-bond donors (Lipinski definition) is 0. The molecule has 1 aliphatic rings. The van der Waals surface area contributed by atoms with Crippen molar-refractivity contribution in [3.05, 3.63) is 58.9 Å². The SMILES string of the molecule is O=c1nc2n(c3ccccc13)C(CSc1nc3ccccc3s1)CS2. The molecule has 3 heterocycles. The summed E-state index contributed by atoms with van der Waals surface area (Å²) in [5, 5.41) is 1.53. The highest BCUT2D eigenvalue weighted by Crippen LogP contribution is 2.38. The first-order chi connectivity index (χ1) is 12.3. The summed E-state index contributed by atoms with van der Waals surface area (Å²) in [4.78, 5) is 21.1. The van der Waals surface area contributed by atoms with Gasteiger partial charge in [-0.15, -0.1) is 11.3 Å². The molecule has 0 aliphatic carbocycles. The molecule has 0 N–H and O–H groups in total. The Balaban J connectivity index is 1.47. The molecule has 1 unspecified atom stereocenters. The lowest BCUT2D eigenvalue weighted by atomic mass is 10.2. The van der Waals surface area contributed by atoms with E-state index in [9.17, 15) is 4.79 Å². The molecule has 0 radical (unpaired) electrons. The van der Waals surface area contributed by atoms with E-state index in [4.69, 9.17) is 4.98 Å². The minimum absolute atomic E-state index is 0.131. The van der Waals surface area contributed by atoms with Crippen LogP contribution in [0.25, 0.3) is 21.1 Å². The van der Waals surface area contributed by atoms with Crippen LogP contribution in [0.3, 0.4) is 0 Å². The van der Waals surface area contributed by atoms with Gasteiger partial charge in [0.05, 0.1) is 27.2 Å². The van der Waals surface area contributed by atoms with Gasteiger partial charge in [-0.05, 0) is 24.3 Å². The average Bonchev–Trinajstić information content (AvgIpc) is 3.23. The Morgan fingerprint density at radius 1 is 1.12 bits per heavy atom. The van der Waals surface area contributed by atoms with Crippen molar-refractivity contribution >= 4 is 56.0 Å². The minimum atomic E-state index is -0.131. The van der Waals surface area contributed by atoms with Crippen LogP contribution in [-0.2, 0) is 0 Å². The molecule has 2 aromatic heterocycles. The van der Waals surface area contributed by atoms with Crippen molar-refractivity contribution in [3.63, 3.8) is 0 Å². The van der Waals surface area contributed by atoms with Crippen LogP contribution in [0.5, 0.6) is 0 Å². The number of aromatic nitrogens is 3. The first kappa shape index (κ1) is 15.4. The predicted octanol–water partition coefficient (Wildman–Crippen LogP) is 4.45. The van der Waals surface area contributed by atoms with E-state index >= 15 is 0 Å². The summed E-state index contributed by atoms with van der Waals surface area (Å²) in [7, 11) is 0. The molecule has 0 spiro atoms. The summed E-state index contributed by atoms with van der Waals surface area (Å²) in [5.41, 5.74) is 1.91. The van der Waals surface area contributed by atoms with E-state index in [2.05, 4.69) is 21.7 Å². The van der Waals surface area contributed by atoms with Gasteiger partial charge in [0, 0.05) is 11.5 Å². The fourth-order valence-corrected chi connectivity index (χ4v) is 6.53. The fraction of sp³-hybridized carbons (Fsp3) is 0.167. The number of para-hydroxylation sites is 2.